The Morgan fingerprint density at radius 2 is 2.14 bits per heavy atom. The zero-order chi connectivity index (χ0) is 15.9. The highest BCUT2D eigenvalue weighted by Gasteiger charge is 2.37. The van der Waals surface area contributed by atoms with E-state index in [9.17, 15) is 4.79 Å². The van der Waals surface area contributed by atoms with Crippen molar-refractivity contribution in [2.75, 3.05) is 19.7 Å². The maximum absolute atomic E-state index is 12.2. The van der Waals surface area contributed by atoms with Crippen molar-refractivity contribution in [2.24, 2.45) is 0 Å². The summed E-state index contributed by atoms with van der Waals surface area (Å²) in [6.45, 7) is 9.77. The van der Waals surface area contributed by atoms with E-state index in [1.54, 1.807) is 4.90 Å². The van der Waals surface area contributed by atoms with Crippen molar-refractivity contribution in [2.45, 2.75) is 71.0 Å². The summed E-state index contributed by atoms with van der Waals surface area (Å²) in [5.41, 5.74) is -0.708. The number of terminal acetylenes is 1. The van der Waals surface area contributed by atoms with Crippen LogP contribution in [0.2, 0.25) is 0 Å². The Kier molecular flexibility index (Phi) is 6.54. The van der Waals surface area contributed by atoms with Gasteiger partial charge in [-0.15, -0.1) is 12.3 Å². The minimum atomic E-state index is -0.461. The highest BCUT2D eigenvalue weighted by Crippen LogP contribution is 2.29. The van der Waals surface area contributed by atoms with Gasteiger partial charge in [0.2, 0.25) is 0 Å². The van der Waals surface area contributed by atoms with Gasteiger partial charge in [0.15, 0.2) is 0 Å². The van der Waals surface area contributed by atoms with E-state index < -0.39 is 5.60 Å². The summed E-state index contributed by atoms with van der Waals surface area (Å²) < 4.78 is 11.6. The first-order valence-corrected chi connectivity index (χ1v) is 7.87. The molecule has 1 fully saturated rings. The average molecular weight is 295 g/mol. The van der Waals surface area contributed by atoms with E-state index in [1.807, 2.05) is 20.8 Å². The number of ether oxygens (including phenoxy) is 2. The zero-order valence-corrected chi connectivity index (χ0v) is 13.9. The van der Waals surface area contributed by atoms with Crippen LogP contribution in [0.25, 0.3) is 0 Å². The van der Waals surface area contributed by atoms with Crippen LogP contribution in [0.3, 0.4) is 0 Å². The van der Waals surface area contributed by atoms with Crippen LogP contribution < -0.4 is 0 Å². The number of amides is 1. The van der Waals surface area contributed by atoms with Gasteiger partial charge in [-0.3, -0.25) is 0 Å². The molecule has 4 nitrogen and oxygen atoms in total. The minimum absolute atomic E-state index is 0.243. The Morgan fingerprint density at radius 1 is 1.43 bits per heavy atom. The van der Waals surface area contributed by atoms with Crippen LogP contribution in [0.5, 0.6) is 0 Å². The van der Waals surface area contributed by atoms with Gasteiger partial charge in [0.05, 0.1) is 12.1 Å². The fourth-order valence-corrected chi connectivity index (χ4v) is 2.55. The van der Waals surface area contributed by atoms with E-state index >= 15 is 0 Å². The van der Waals surface area contributed by atoms with E-state index in [-0.39, 0.29) is 11.7 Å². The van der Waals surface area contributed by atoms with Crippen LogP contribution in [0.4, 0.5) is 4.79 Å². The number of likely N-dealkylation sites (tertiary alicyclic amines) is 1. The molecule has 120 valence electrons. The predicted molar refractivity (Wildman–Crippen MR) is 84.1 cm³/mol. The Labute approximate surface area is 129 Å². The van der Waals surface area contributed by atoms with Crippen molar-refractivity contribution in [3.05, 3.63) is 0 Å². The number of carbonyl (C=O) groups is 1. The van der Waals surface area contributed by atoms with Gasteiger partial charge >= 0.3 is 6.09 Å². The number of hydrogen-bond donors (Lipinski definition) is 0. The fraction of sp³-hybridized carbons (Fsp3) is 0.824. The molecular formula is C17H29NO3. The Balaban J connectivity index is 2.59. The quantitative estimate of drug-likeness (QED) is 0.574. The second-order valence-electron chi connectivity index (χ2n) is 6.70. The number of carbonyl (C=O) groups excluding carboxylic acids is 1. The molecule has 0 aliphatic carbocycles. The molecule has 21 heavy (non-hydrogen) atoms. The molecule has 0 aromatic carbocycles. The molecule has 0 radical (unpaired) electrons. The first kappa shape index (κ1) is 17.8. The maximum Gasteiger partial charge on any atom is 0.410 e. The molecule has 1 saturated heterocycles. The summed E-state index contributed by atoms with van der Waals surface area (Å²) in [5.74, 6) is 2.62. The van der Waals surface area contributed by atoms with Crippen LogP contribution in [-0.2, 0) is 9.47 Å². The smallest absolute Gasteiger partial charge is 0.410 e. The van der Waals surface area contributed by atoms with Crippen LogP contribution in [0.1, 0.15) is 59.8 Å². The van der Waals surface area contributed by atoms with E-state index in [4.69, 9.17) is 15.9 Å². The van der Waals surface area contributed by atoms with Crippen molar-refractivity contribution >= 4 is 6.09 Å². The molecule has 1 aliphatic rings. The van der Waals surface area contributed by atoms with Crippen molar-refractivity contribution in [3.8, 4) is 12.3 Å². The number of unbranched alkanes of at least 4 members (excludes halogenated alkanes) is 1. The molecule has 1 amide bonds. The summed E-state index contributed by atoms with van der Waals surface area (Å²) in [4.78, 5) is 14.0. The van der Waals surface area contributed by atoms with E-state index in [0.717, 1.165) is 38.6 Å². The van der Waals surface area contributed by atoms with Crippen molar-refractivity contribution in [1.82, 2.24) is 4.90 Å². The molecule has 1 atom stereocenters. The summed E-state index contributed by atoms with van der Waals surface area (Å²) in [6, 6.07) is 0. The molecule has 0 aromatic heterocycles. The molecule has 0 N–H and O–H groups in total. The Bertz CT molecular complexity index is 380. The molecule has 1 aliphatic heterocycles. The topological polar surface area (TPSA) is 38.8 Å². The number of piperidine rings is 1. The molecule has 0 bridgehead atoms. The van der Waals surface area contributed by atoms with Crippen LogP contribution in [-0.4, -0.2) is 41.9 Å². The molecule has 1 rings (SSSR count). The minimum Gasteiger partial charge on any atom is -0.444 e. The SMILES string of the molecule is C#CCCCOC1(CC)CCCN(C(=O)OC(C)(C)C)C1. The van der Waals surface area contributed by atoms with Crippen LogP contribution >= 0.6 is 0 Å². The van der Waals surface area contributed by atoms with Gasteiger partial charge in [-0.05, 0) is 46.5 Å². The van der Waals surface area contributed by atoms with Gasteiger partial charge in [-0.1, -0.05) is 6.92 Å². The molecular weight excluding hydrogens is 266 g/mol. The standard InChI is InChI=1S/C17H29NO3/c1-6-8-9-13-20-17(7-2)11-10-12-18(14-17)15(19)21-16(3,4)5/h1H,7-14H2,2-5H3. The normalized spacial score (nSPS) is 22.7. The van der Waals surface area contributed by atoms with Crippen LogP contribution in [0.15, 0.2) is 0 Å². The van der Waals surface area contributed by atoms with E-state index in [2.05, 4.69) is 12.8 Å². The maximum atomic E-state index is 12.2. The van der Waals surface area contributed by atoms with Crippen LogP contribution in [0, 0.1) is 12.3 Å². The van der Waals surface area contributed by atoms with Gasteiger partial charge in [-0.2, -0.15) is 0 Å². The average Bonchev–Trinajstić information content (AvgIpc) is 2.42. The first-order valence-electron chi connectivity index (χ1n) is 7.87. The monoisotopic (exact) mass is 295 g/mol. The predicted octanol–water partition coefficient (Wildman–Crippen LogP) is 3.60. The zero-order valence-electron chi connectivity index (χ0n) is 13.9. The molecule has 0 aromatic rings. The Hall–Kier alpha value is -1.21. The number of nitrogens with zero attached hydrogens (tertiary/aromatic N) is 1. The lowest BCUT2D eigenvalue weighted by atomic mass is 9.90. The van der Waals surface area contributed by atoms with E-state index in [1.165, 1.54) is 0 Å². The molecule has 1 unspecified atom stereocenters. The highest BCUT2D eigenvalue weighted by molar-refractivity contribution is 5.68. The van der Waals surface area contributed by atoms with Gasteiger partial charge in [0.1, 0.15) is 5.60 Å². The summed E-state index contributed by atoms with van der Waals surface area (Å²) in [6.07, 6.45) is 9.44. The first-order chi connectivity index (χ1) is 9.82. The lowest BCUT2D eigenvalue weighted by Gasteiger charge is -2.42. The number of hydrogen-bond acceptors (Lipinski definition) is 3. The number of rotatable bonds is 5. The summed E-state index contributed by atoms with van der Waals surface area (Å²) in [5, 5.41) is 0. The second kappa shape index (κ2) is 7.70. The third-order valence-corrected chi connectivity index (χ3v) is 3.71. The molecule has 0 saturated carbocycles. The summed E-state index contributed by atoms with van der Waals surface area (Å²) >= 11 is 0. The molecule has 4 heteroatoms. The second-order valence-corrected chi connectivity index (χ2v) is 6.70. The van der Waals surface area contributed by atoms with Gasteiger partial charge in [0, 0.05) is 19.6 Å². The van der Waals surface area contributed by atoms with Crippen molar-refractivity contribution < 1.29 is 14.3 Å². The van der Waals surface area contributed by atoms with E-state index in [0.29, 0.717) is 13.2 Å². The van der Waals surface area contributed by atoms with Gasteiger partial charge in [-0.25, -0.2) is 4.79 Å². The lowest BCUT2D eigenvalue weighted by Crippen LogP contribution is -2.52. The highest BCUT2D eigenvalue weighted by atomic mass is 16.6. The van der Waals surface area contributed by atoms with Gasteiger partial charge in [0.25, 0.3) is 0 Å². The third kappa shape index (κ3) is 5.97. The lowest BCUT2D eigenvalue weighted by molar-refractivity contribution is -0.0935. The molecule has 1 heterocycles. The summed E-state index contributed by atoms with van der Waals surface area (Å²) in [7, 11) is 0. The largest absolute Gasteiger partial charge is 0.444 e. The molecule has 0 spiro atoms. The third-order valence-electron chi connectivity index (χ3n) is 3.71. The van der Waals surface area contributed by atoms with Gasteiger partial charge < -0.3 is 14.4 Å². The Morgan fingerprint density at radius 3 is 2.71 bits per heavy atom. The van der Waals surface area contributed by atoms with Crippen molar-refractivity contribution in [1.29, 1.82) is 0 Å². The fourth-order valence-electron chi connectivity index (χ4n) is 2.55. The van der Waals surface area contributed by atoms with Crippen molar-refractivity contribution in [3.63, 3.8) is 0 Å².